The van der Waals surface area contributed by atoms with Gasteiger partial charge >= 0.3 is 12.1 Å². The molecule has 12 nitrogen and oxygen atoms in total. The highest BCUT2D eigenvalue weighted by Gasteiger charge is 2.41. The summed E-state index contributed by atoms with van der Waals surface area (Å²) in [5.41, 5.74) is 2.78. The van der Waals surface area contributed by atoms with E-state index in [0.29, 0.717) is 49.4 Å². The Morgan fingerprint density at radius 1 is 0.920 bits per heavy atom. The number of nitrogens with zero attached hydrogens (tertiary/aromatic N) is 2. The third-order valence-electron chi connectivity index (χ3n) is 8.66. The van der Waals surface area contributed by atoms with Gasteiger partial charge in [-0.3, -0.25) is 0 Å². The third-order valence-corrected chi connectivity index (χ3v) is 8.97. The molecule has 2 aliphatic heterocycles. The van der Waals surface area contributed by atoms with Crippen molar-refractivity contribution in [2.45, 2.75) is 37.6 Å². The van der Waals surface area contributed by atoms with Crippen LogP contribution in [-0.2, 0) is 30.3 Å². The van der Waals surface area contributed by atoms with E-state index in [4.69, 9.17) is 44.8 Å². The first kappa shape index (κ1) is 37.0. The van der Waals surface area contributed by atoms with Gasteiger partial charge in [-0.25, -0.2) is 9.59 Å². The Kier molecular flexibility index (Phi) is 13.8. The van der Waals surface area contributed by atoms with Crippen LogP contribution >= 0.6 is 11.6 Å². The van der Waals surface area contributed by atoms with Crippen LogP contribution in [0.2, 0.25) is 5.02 Å². The molecule has 3 aromatic carbocycles. The average molecular weight is 713 g/mol. The molecular weight excluding hydrogens is 668 g/mol. The molecule has 270 valence electrons. The fourth-order valence-electron chi connectivity index (χ4n) is 6.13. The van der Waals surface area contributed by atoms with Crippen LogP contribution in [0, 0.1) is 0 Å². The number of carboxylic acid groups (broad SMARTS) is 1. The smallest absolute Gasteiger partial charge is 0.407 e. The molecule has 3 atom stereocenters. The summed E-state index contributed by atoms with van der Waals surface area (Å²) < 4.78 is 40.2. The molecule has 0 aliphatic carbocycles. The normalized spacial score (nSPS) is 18.6. The minimum atomic E-state index is -1.09. The van der Waals surface area contributed by atoms with Gasteiger partial charge in [0.25, 0.3) is 0 Å². The van der Waals surface area contributed by atoms with E-state index in [1.54, 1.807) is 13.2 Å². The number of rotatable bonds is 17. The highest BCUT2D eigenvalue weighted by atomic mass is 35.5. The van der Waals surface area contributed by atoms with Gasteiger partial charge in [-0.15, -0.1) is 0 Å². The molecule has 0 bridgehead atoms. The van der Waals surface area contributed by atoms with Gasteiger partial charge in [-0.05, 0) is 53.9 Å². The minimum absolute atomic E-state index is 0.0627. The Morgan fingerprint density at radius 2 is 1.68 bits per heavy atom. The van der Waals surface area contributed by atoms with Gasteiger partial charge in [0, 0.05) is 32.6 Å². The van der Waals surface area contributed by atoms with Crippen LogP contribution in [-0.4, -0.2) is 108 Å². The van der Waals surface area contributed by atoms with Gasteiger partial charge in [-0.1, -0.05) is 41.9 Å². The van der Waals surface area contributed by atoms with Crippen molar-refractivity contribution in [3.05, 3.63) is 82.9 Å². The van der Waals surface area contributed by atoms with Crippen LogP contribution in [0.25, 0.3) is 0 Å². The number of hydrogen-bond acceptors (Lipinski definition) is 10. The third kappa shape index (κ3) is 10.2. The molecule has 0 aromatic heterocycles. The number of ether oxygens (including phenoxy) is 7. The van der Waals surface area contributed by atoms with Gasteiger partial charge in [0.05, 0.1) is 69.5 Å². The van der Waals surface area contributed by atoms with E-state index < -0.39 is 24.3 Å². The molecule has 0 radical (unpaired) electrons. The number of carbonyl (C=O) groups is 2. The van der Waals surface area contributed by atoms with E-state index in [1.165, 1.54) is 12.0 Å². The molecule has 0 saturated carbocycles. The summed E-state index contributed by atoms with van der Waals surface area (Å²) in [7, 11) is 2.98. The Balaban J connectivity index is 1.28. The summed E-state index contributed by atoms with van der Waals surface area (Å²) in [5.74, 6) is 1.18. The van der Waals surface area contributed by atoms with Crippen LogP contribution in [0.15, 0.2) is 66.7 Å². The maximum Gasteiger partial charge on any atom is 0.407 e. The summed E-state index contributed by atoms with van der Waals surface area (Å²) >= 11 is 6.16. The van der Waals surface area contributed by atoms with Gasteiger partial charge < -0.3 is 48.1 Å². The molecule has 5 rings (SSSR count). The molecule has 1 saturated heterocycles. The van der Waals surface area contributed by atoms with E-state index in [9.17, 15) is 14.7 Å². The summed E-state index contributed by atoms with van der Waals surface area (Å²) in [6.07, 6.45) is -0.809. The number of carbonyl (C=O) groups excluding carboxylic acids is 1. The fraction of sp³-hybridized carbons (Fsp3) is 0.459. The first-order valence-electron chi connectivity index (χ1n) is 16.7. The van der Waals surface area contributed by atoms with Crippen molar-refractivity contribution in [2.75, 3.05) is 78.3 Å². The van der Waals surface area contributed by atoms with Gasteiger partial charge in [0.1, 0.15) is 30.5 Å². The monoisotopic (exact) mass is 712 g/mol. The van der Waals surface area contributed by atoms with Crippen molar-refractivity contribution >= 4 is 29.4 Å². The average Bonchev–Trinajstić information content (AvgIpc) is 3.13. The summed E-state index contributed by atoms with van der Waals surface area (Å²) in [6, 6.07) is 20.9. The zero-order valence-corrected chi connectivity index (χ0v) is 29.2. The van der Waals surface area contributed by atoms with Crippen LogP contribution < -0.4 is 19.1 Å². The lowest BCUT2D eigenvalue weighted by Crippen LogP contribution is -2.54. The number of methoxy groups -OCH3 is 2. The lowest BCUT2D eigenvalue weighted by molar-refractivity contribution is -0.152. The lowest BCUT2D eigenvalue weighted by Gasteiger charge is -2.42. The fourth-order valence-corrected chi connectivity index (χ4v) is 6.32. The topological polar surface area (TPSA) is 125 Å². The van der Waals surface area contributed by atoms with Gasteiger partial charge in [-0.2, -0.15) is 0 Å². The second-order valence-electron chi connectivity index (χ2n) is 12.0. The van der Waals surface area contributed by atoms with Crippen molar-refractivity contribution in [2.24, 2.45) is 0 Å². The number of hydrogen-bond donors (Lipinski definition) is 1. The number of piperidine rings is 1. The molecular formula is C37H45ClN2O10. The van der Waals surface area contributed by atoms with Crippen LogP contribution in [0.1, 0.15) is 29.9 Å². The van der Waals surface area contributed by atoms with Crippen molar-refractivity contribution in [1.29, 1.82) is 0 Å². The largest absolute Gasteiger partial charge is 0.493 e. The van der Waals surface area contributed by atoms with Crippen molar-refractivity contribution in [3.8, 4) is 17.2 Å². The van der Waals surface area contributed by atoms with Gasteiger partial charge in [0.15, 0.2) is 0 Å². The summed E-state index contributed by atoms with van der Waals surface area (Å²) in [6.45, 7) is 3.87. The predicted molar refractivity (Wildman–Crippen MR) is 187 cm³/mol. The molecule has 1 amide bonds. The molecule has 3 aromatic rings. The van der Waals surface area contributed by atoms with E-state index in [1.807, 2.05) is 54.6 Å². The molecule has 50 heavy (non-hydrogen) atoms. The number of amides is 1. The number of benzene rings is 3. The van der Waals surface area contributed by atoms with Crippen LogP contribution in [0.3, 0.4) is 0 Å². The zero-order valence-electron chi connectivity index (χ0n) is 28.5. The highest BCUT2D eigenvalue weighted by Crippen LogP contribution is 2.36. The van der Waals surface area contributed by atoms with E-state index >= 15 is 0 Å². The minimum Gasteiger partial charge on any atom is -0.493 e. The predicted octanol–water partition coefficient (Wildman–Crippen LogP) is 5.64. The molecule has 1 fully saturated rings. The number of esters is 1. The SMILES string of the molecule is COCCCN1CCOc2ccc(CO[C@H]3CN(C(=O)O)C[C@@H](OCC(=O)OC)[C@@H]3c3ccc(OCCCOc4ccccc4Cl)cc3)cc21. The van der Waals surface area contributed by atoms with E-state index in [0.717, 1.165) is 42.1 Å². The van der Waals surface area contributed by atoms with Crippen molar-refractivity contribution in [1.82, 2.24) is 4.90 Å². The maximum atomic E-state index is 12.2. The first-order valence-corrected chi connectivity index (χ1v) is 17.1. The van der Waals surface area contributed by atoms with Crippen LogP contribution in [0.5, 0.6) is 17.2 Å². The molecule has 2 aliphatic rings. The summed E-state index contributed by atoms with van der Waals surface area (Å²) in [4.78, 5) is 27.8. The Hall–Kier alpha value is -4.23. The number of para-hydroxylation sites is 1. The van der Waals surface area contributed by atoms with Crippen LogP contribution in [0.4, 0.5) is 10.5 Å². The van der Waals surface area contributed by atoms with Crippen molar-refractivity contribution < 1.29 is 47.9 Å². The number of anilines is 1. The molecule has 1 N–H and O–H groups in total. The molecule has 2 heterocycles. The molecule has 0 unspecified atom stereocenters. The van der Waals surface area contributed by atoms with E-state index in [2.05, 4.69) is 11.0 Å². The molecule has 0 spiro atoms. The number of fused-ring (bicyclic) bond motifs is 1. The maximum absolute atomic E-state index is 12.2. The Labute approximate surface area is 297 Å². The zero-order chi connectivity index (χ0) is 35.3. The van der Waals surface area contributed by atoms with Crippen molar-refractivity contribution in [3.63, 3.8) is 0 Å². The van der Waals surface area contributed by atoms with Gasteiger partial charge in [0.2, 0.25) is 0 Å². The summed E-state index contributed by atoms with van der Waals surface area (Å²) in [5, 5.41) is 10.5. The number of halogens is 1. The quantitative estimate of drug-likeness (QED) is 0.138. The standard InChI is InChI=1S/C37H45ClN2O10/c1-44-17-5-15-39-16-20-48-32-14-9-26(21-30(32)39)24-49-33-22-40(37(42)43)23-34(50-25-35(41)45-2)36(33)27-10-12-28(13-11-27)46-18-6-19-47-31-8-4-3-7-29(31)38/h3-4,7-14,21,33-34,36H,5-6,15-20,22-25H2,1-2H3,(H,42,43)/t33-,34+,36+/m0/s1. The van der Waals surface area contributed by atoms with E-state index in [-0.39, 0.29) is 32.2 Å². The second-order valence-corrected chi connectivity index (χ2v) is 12.4. The highest BCUT2D eigenvalue weighted by molar-refractivity contribution is 6.32. The Bertz CT molecular complexity index is 1540. The number of likely N-dealkylation sites (tertiary alicyclic amines) is 1. The Morgan fingerprint density at radius 3 is 2.42 bits per heavy atom. The second kappa shape index (κ2) is 18.7. The lowest BCUT2D eigenvalue weighted by atomic mass is 9.84. The first-order chi connectivity index (χ1) is 24.4. The molecule has 13 heteroatoms.